The minimum Gasteiger partial charge on any atom is -0.351 e. The normalized spacial score (nSPS) is 18.5. The molecule has 1 aromatic carbocycles. The van der Waals surface area contributed by atoms with Crippen LogP contribution in [-0.4, -0.2) is 18.5 Å². The van der Waals surface area contributed by atoms with Crippen LogP contribution >= 0.6 is 0 Å². The van der Waals surface area contributed by atoms with E-state index in [0.717, 1.165) is 25.8 Å². The third-order valence-electron chi connectivity index (χ3n) is 3.69. The molecule has 0 aliphatic carbocycles. The summed E-state index contributed by atoms with van der Waals surface area (Å²) in [6, 6.07) is 8.60. The SMILES string of the molecule is CCCCc1ccc(CNC(=O)C2CCCN2)cc1. The second-order valence-electron chi connectivity index (χ2n) is 5.29. The number of unbranched alkanes of at least 4 members (excludes halogenated alkanes) is 1. The van der Waals surface area contributed by atoms with Crippen molar-refractivity contribution in [3.63, 3.8) is 0 Å². The average Bonchev–Trinajstić information content (AvgIpc) is 2.98. The average molecular weight is 260 g/mol. The molecule has 3 heteroatoms. The van der Waals surface area contributed by atoms with Gasteiger partial charge in [0.2, 0.25) is 5.91 Å². The summed E-state index contributed by atoms with van der Waals surface area (Å²) >= 11 is 0. The first kappa shape index (κ1) is 14.1. The van der Waals surface area contributed by atoms with E-state index in [2.05, 4.69) is 41.8 Å². The van der Waals surface area contributed by atoms with Gasteiger partial charge in [-0.15, -0.1) is 0 Å². The van der Waals surface area contributed by atoms with Crippen LogP contribution in [0.5, 0.6) is 0 Å². The number of hydrogen-bond donors (Lipinski definition) is 2. The van der Waals surface area contributed by atoms with Gasteiger partial charge in [0.05, 0.1) is 6.04 Å². The van der Waals surface area contributed by atoms with E-state index in [1.165, 1.54) is 24.0 Å². The summed E-state index contributed by atoms with van der Waals surface area (Å²) in [7, 11) is 0. The van der Waals surface area contributed by atoms with Crippen molar-refractivity contribution in [3.05, 3.63) is 35.4 Å². The molecular formula is C16H24N2O. The molecule has 0 aromatic heterocycles. The van der Waals surface area contributed by atoms with Crippen LogP contribution in [0.1, 0.15) is 43.7 Å². The number of rotatable bonds is 6. The largest absolute Gasteiger partial charge is 0.351 e. The lowest BCUT2D eigenvalue weighted by molar-refractivity contribution is -0.122. The number of carbonyl (C=O) groups is 1. The zero-order chi connectivity index (χ0) is 13.5. The second-order valence-corrected chi connectivity index (χ2v) is 5.29. The number of benzene rings is 1. The zero-order valence-electron chi connectivity index (χ0n) is 11.7. The molecule has 1 saturated heterocycles. The number of amides is 1. The van der Waals surface area contributed by atoms with Gasteiger partial charge in [-0.05, 0) is 43.4 Å². The van der Waals surface area contributed by atoms with E-state index in [9.17, 15) is 4.79 Å². The molecule has 1 atom stereocenters. The number of nitrogens with one attached hydrogen (secondary N) is 2. The van der Waals surface area contributed by atoms with E-state index in [-0.39, 0.29) is 11.9 Å². The molecule has 0 saturated carbocycles. The van der Waals surface area contributed by atoms with E-state index in [0.29, 0.717) is 6.54 Å². The number of hydrogen-bond acceptors (Lipinski definition) is 2. The van der Waals surface area contributed by atoms with Crippen LogP contribution in [-0.2, 0) is 17.8 Å². The van der Waals surface area contributed by atoms with Crippen molar-refractivity contribution >= 4 is 5.91 Å². The van der Waals surface area contributed by atoms with Gasteiger partial charge in [0, 0.05) is 6.54 Å². The van der Waals surface area contributed by atoms with Gasteiger partial charge >= 0.3 is 0 Å². The Kier molecular flexibility index (Phi) is 5.40. The Balaban J connectivity index is 1.77. The maximum absolute atomic E-state index is 11.9. The molecule has 104 valence electrons. The third kappa shape index (κ3) is 4.35. The van der Waals surface area contributed by atoms with Crippen molar-refractivity contribution in [1.82, 2.24) is 10.6 Å². The first-order valence-electron chi connectivity index (χ1n) is 7.38. The molecular weight excluding hydrogens is 236 g/mol. The van der Waals surface area contributed by atoms with Gasteiger partial charge in [-0.1, -0.05) is 37.6 Å². The molecule has 1 fully saturated rings. The third-order valence-corrected chi connectivity index (χ3v) is 3.69. The van der Waals surface area contributed by atoms with Gasteiger partial charge in [0.25, 0.3) is 0 Å². The summed E-state index contributed by atoms with van der Waals surface area (Å²) in [5, 5.41) is 6.21. The lowest BCUT2D eigenvalue weighted by Crippen LogP contribution is -2.39. The van der Waals surface area contributed by atoms with Crippen LogP contribution in [0, 0.1) is 0 Å². The smallest absolute Gasteiger partial charge is 0.237 e. The molecule has 1 aliphatic rings. The highest BCUT2D eigenvalue weighted by Gasteiger charge is 2.21. The van der Waals surface area contributed by atoms with Crippen LogP contribution < -0.4 is 10.6 Å². The van der Waals surface area contributed by atoms with Gasteiger partial charge in [-0.25, -0.2) is 0 Å². The highest BCUT2D eigenvalue weighted by molar-refractivity contribution is 5.81. The summed E-state index contributed by atoms with van der Waals surface area (Å²) in [5.41, 5.74) is 2.56. The molecule has 1 amide bonds. The maximum atomic E-state index is 11.9. The van der Waals surface area contributed by atoms with Gasteiger partial charge in [0.1, 0.15) is 0 Å². The molecule has 19 heavy (non-hydrogen) atoms. The van der Waals surface area contributed by atoms with Crippen LogP contribution in [0.4, 0.5) is 0 Å². The summed E-state index contributed by atoms with van der Waals surface area (Å²) in [6.45, 7) is 3.80. The molecule has 2 rings (SSSR count). The van der Waals surface area contributed by atoms with Crippen molar-refractivity contribution < 1.29 is 4.79 Å². The summed E-state index contributed by atoms with van der Waals surface area (Å²) in [4.78, 5) is 11.9. The monoisotopic (exact) mass is 260 g/mol. The second kappa shape index (κ2) is 7.29. The fourth-order valence-electron chi connectivity index (χ4n) is 2.43. The van der Waals surface area contributed by atoms with Crippen LogP contribution in [0.25, 0.3) is 0 Å². The maximum Gasteiger partial charge on any atom is 0.237 e. The minimum atomic E-state index is 0.0174. The van der Waals surface area contributed by atoms with Gasteiger partial charge in [0.15, 0.2) is 0 Å². The lowest BCUT2D eigenvalue weighted by atomic mass is 10.1. The molecule has 0 radical (unpaired) electrons. The topological polar surface area (TPSA) is 41.1 Å². The highest BCUT2D eigenvalue weighted by Crippen LogP contribution is 2.09. The lowest BCUT2D eigenvalue weighted by Gasteiger charge is -2.11. The van der Waals surface area contributed by atoms with E-state index in [1.807, 2.05) is 0 Å². The van der Waals surface area contributed by atoms with Crippen molar-refractivity contribution in [1.29, 1.82) is 0 Å². The molecule has 0 spiro atoms. The molecule has 3 nitrogen and oxygen atoms in total. The molecule has 1 unspecified atom stereocenters. The molecule has 1 heterocycles. The minimum absolute atomic E-state index is 0.0174. The first-order valence-corrected chi connectivity index (χ1v) is 7.38. The van der Waals surface area contributed by atoms with E-state index < -0.39 is 0 Å². The van der Waals surface area contributed by atoms with Crippen LogP contribution in [0.15, 0.2) is 24.3 Å². The van der Waals surface area contributed by atoms with E-state index >= 15 is 0 Å². The highest BCUT2D eigenvalue weighted by atomic mass is 16.2. The van der Waals surface area contributed by atoms with Crippen molar-refractivity contribution in [2.45, 2.75) is 51.6 Å². The van der Waals surface area contributed by atoms with Crippen molar-refractivity contribution in [2.24, 2.45) is 0 Å². The summed E-state index contributed by atoms with van der Waals surface area (Å²) in [5.74, 6) is 0.132. The first-order chi connectivity index (χ1) is 9.29. The molecule has 1 aromatic rings. The molecule has 2 N–H and O–H groups in total. The summed E-state index contributed by atoms with van der Waals surface area (Å²) in [6.07, 6.45) is 5.68. The Morgan fingerprint density at radius 1 is 1.32 bits per heavy atom. The van der Waals surface area contributed by atoms with Gasteiger partial charge in [-0.2, -0.15) is 0 Å². The fourth-order valence-corrected chi connectivity index (χ4v) is 2.43. The van der Waals surface area contributed by atoms with Gasteiger partial charge < -0.3 is 10.6 Å². The Bertz CT molecular complexity index is 394. The van der Waals surface area contributed by atoms with Gasteiger partial charge in [-0.3, -0.25) is 4.79 Å². The quantitative estimate of drug-likeness (QED) is 0.824. The van der Waals surface area contributed by atoms with E-state index in [4.69, 9.17) is 0 Å². The number of aryl methyl sites for hydroxylation is 1. The Morgan fingerprint density at radius 2 is 2.05 bits per heavy atom. The Morgan fingerprint density at radius 3 is 2.68 bits per heavy atom. The fraction of sp³-hybridized carbons (Fsp3) is 0.562. The van der Waals surface area contributed by atoms with Crippen molar-refractivity contribution in [3.8, 4) is 0 Å². The Hall–Kier alpha value is -1.35. The molecule has 1 aliphatic heterocycles. The zero-order valence-corrected chi connectivity index (χ0v) is 11.7. The predicted molar refractivity (Wildman–Crippen MR) is 77.9 cm³/mol. The molecule has 0 bridgehead atoms. The van der Waals surface area contributed by atoms with E-state index in [1.54, 1.807) is 0 Å². The summed E-state index contributed by atoms with van der Waals surface area (Å²) < 4.78 is 0. The van der Waals surface area contributed by atoms with Crippen molar-refractivity contribution in [2.75, 3.05) is 6.54 Å². The predicted octanol–water partition coefficient (Wildman–Crippen LogP) is 2.40. The van der Waals surface area contributed by atoms with Crippen LogP contribution in [0.2, 0.25) is 0 Å². The standard InChI is InChI=1S/C16H24N2O/c1-2-3-5-13-7-9-14(10-8-13)12-18-16(19)15-6-4-11-17-15/h7-10,15,17H,2-6,11-12H2,1H3,(H,18,19). The van der Waals surface area contributed by atoms with Crippen LogP contribution in [0.3, 0.4) is 0 Å². The number of carbonyl (C=O) groups excluding carboxylic acids is 1. The Labute approximate surface area is 115 Å².